The molecule has 1 atom stereocenters. The van der Waals surface area contributed by atoms with E-state index in [2.05, 4.69) is 0 Å². The summed E-state index contributed by atoms with van der Waals surface area (Å²) in [5.41, 5.74) is 5.01. The van der Waals surface area contributed by atoms with Gasteiger partial charge in [0.1, 0.15) is 0 Å². The van der Waals surface area contributed by atoms with Crippen LogP contribution in [0, 0.1) is 5.41 Å². The van der Waals surface area contributed by atoms with Gasteiger partial charge in [-0.05, 0) is 53.4 Å². The van der Waals surface area contributed by atoms with E-state index >= 15 is 0 Å². The van der Waals surface area contributed by atoms with Crippen molar-refractivity contribution < 1.29 is 9.90 Å². The standard InChI is InChI=1S/C14H28N2O2/c1-13(2,14(3,4)15)12(18)16-9-6-5-7-11(16)8-10-17/h11,17H,5-10,15H2,1-4H3. The number of carbonyl (C=O) groups is 1. The lowest BCUT2D eigenvalue weighted by molar-refractivity contribution is -0.147. The average Bonchev–Trinajstić information content (AvgIpc) is 2.28. The molecule has 0 aromatic rings. The van der Waals surface area contributed by atoms with Crippen molar-refractivity contribution in [2.75, 3.05) is 13.2 Å². The quantitative estimate of drug-likeness (QED) is 0.801. The topological polar surface area (TPSA) is 66.6 Å². The molecule has 0 saturated carbocycles. The van der Waals surface area contributed by atoms with Gasteiger partial charge in [0.15, 0.2) is 0 Å². The van der Waals surface area contributed by atoms with Gasteiger partial charge in [-0.2, -0.15) is 0 Å². The number of likely N-dealkylation sites (tertiary alicyclic amines) is 1. The van der Waals surface area contributed by atoms with Gasteiger partial charge in [0.2, 0.25) is 5.91 Å². The van der Waals surface area contributed by atoms with Crippen molar-refractivity contribution in [1.29, 1.82) is 0 Å². The maximum absolute atomic E-state index is 12.7. The molecule has 4 nitrogen and oxygen atoms in total. The number of nitrogens with two attached hydrogens (primary N) is 1. The summed E-state index contributed by atoms with van der Waals surface area (Å²) in [6.07, 6.45) is 3.86. The predicted octanol–water partition coefficient (Wildman–Crippen LogP) is 1.51. The fraction of sp³-hybridized carbons (Fsp3) is 0.929. The molecule has 1 aliphatic rings. The summed E-state index contributed by atoms with van der Waals surface area (Å²) < 4.78 is 0. The molecule has 0 aromatic heterocycles. The fourth-order valence-corrected chi connectivity index (χ4v) is 2.35. The maximum Gasteiger partial charge on any atom is 0.230 e. The third-order valence-electron chi connectivity index (χ3n) is 4.50. The number of carbonyl (C=O) groups excluding carboxylic acids is 1. The molecule has 1 heterocycles. The van der Waals surface area contributed by atoms with Gasteiger partial charge in [0, 0.05) is 24.7 Å². The molecule has 3 N–H and O–H groups in total. The van der Waals surface area contributed by atoms with Crippen LogP contribution in [0.3, 0.4) is 0 Å². The number of aliphatic hydroxyl groups excluding tert-OH is 1. The van der Waals surface area contributed by atoms with Crippen LogP contribution < -0.4 is 5.73 Å². The van der Waals surface area contributed by atoms with E-state index in [0.717, 1.165) is 25.8 Å². The highest BCUT2D eigenvalue weighted by molar-refractivity contribution is 5.83. The van der Waals surface area contributed by atoms with Crippen LogP contribution in [0.5, 0.6) is 0 Å². The zero-order valence-electron chi connectivity index (χ0n) is 12.2. The molecule has 1 saturated heterocycles. The summed E-state index contributed by atoms with van der Waals surface area (Å²) in [5.74, 6) is 0.119. The molecule has 0 bridgehead atoms. The molecule has 4 heteroatoms. The fourth-order valence-electron chi connectivity index (χ4n) is 2.35. The average molecular weight is 256 g/mol. The smallest absolute Gasteiger partial charge is 0.230 e. The number of piperidine rings is 1. The Morgan fingerprint density at radius 2 is 1.94 bits per heavy atom. The molecule has 0 aliphatic carbocycles. The summed E-state index contributed by atoms with van der Waals surface area (Å²) in [6, 6.07) is 0.179. The SMILES string of the molecule is CC(C)(N)C(C)(C)C(=O)N1CCCCC1CCO. The van der Waals surface area contributed by atoms with Crippen molar-refractivity contribution in [3.63, 3.8) is 0 Å². The molecule has 106 valence electrons. The van der Waals surface area contributed by atoms with Gasteiger partial charge in [-0.3, -0.25) is 4.79 Å². The van der Waals surface area contributed by atoms with Crippen LogP contribution >= 0.6 is 0 Å². The molecule has 1 aliphatic heterocycles. The second-order valence-corrected chi connectivity index (χ2v) is 6.51. The Morgan fingerprint density at radius 1 is 1.33 bits per heavy atom. The van der Waals surface area contributed by atoms with Gasteiger partial charge in [-0.15, -0.1) is 0 Å². The van der Waals surface area contributed by atoms with Crippen LogP contribution in [0.2, 0.25) is 0 Å². The van der Waals surface area contributed by atoms with E-state index in [9.17, 15) is 4.79 Å². The van der Waals surface area contributed by atoms with Crippen molar-refractivity contribution in [1.82, 2.24) is 4.90 Å². The number of hydrogen-bond donors (Lipinski definition) is 2. The molecular weight excluding hydrogens is 228 g/mol. The highest BCUT2D eigenvalue weighted by atomic mass is 16.3. The summed E-state index contributed by atoms with van der Waals surface area (Å²) in [7, 11) is 0. The molecule has 0 aromatic carbocycles. The highest BCUT2D eigenvalue weighted by Gasteiger charge is 2.44. The van der Waals surface area contributed by atoms with Gasteiger partial charge in [0.05, 0.1) is 5.41 Å². The van der Waals surface area contributed by atoms with Crippen LogP contribution in [0.1, 0.15) is 53.4 Å². The lowest BCUT2D eigenvalue weighted by Gasteiger charge is -2.45. The predicted molar refractivity (Wildman–Crippen MR) is 73.1 cm³/mol. The van der Waals surface area contributed by atoms with Crippen LogP contribution in [0.15, 0.2) is 0 Å². The maximum atomic E-state index is 12.7. The second kappa shape index (κ2) is 5.57. The molecule has 1 amide bonds. The second-order valence-electron chi connectivity index (χ2n) is 6.51. The first kappa shape index (κ1) is 15.4. The molecule has 1 fully saturated rings. The van der Waals surface area contributed by atoms with Crippen molar-refractivity contribution in [3.8, 4) is 0 Å². The normalized spacial score (nSPS) is 22.1. The van der Waals surface area contributed by atoms with E-state index in [1.54, 1.807) is 0 Å². The number of rotatable bonds is 4. The van der Waals surface area contributed by atoms with Gasteiger partial charge < -0.3 is 15.7 Å². The Morgan fingerprint density at radius 3 is 2.44 bits per heavy atom. The minimum Gasteiger partial charge on any atom is -0.396 e. The Kier molecular flexibility index (Phi) is 4.78. The third kappa shape index (κ3) is 3.04. The molecule has 1 unspecified atom stereocenters. The van der Waals surface area contributed by atoms with Crippen molar-refractivity contribution in [3.05, 3.63) is 0 Å². The first-order valence-electron chi connectivity index (χ1n) is 6.92. The van der Waals surface area contributed by atoms with E-state index in [4.69, 9.17) is 10.8 Å². The van der Waals surface area contributed by atoms with E-state index in [-0.39, 0.29) is 18.6 Å². The zero-order valence-corrected chi connectivity index (χ0v) is 12.2. The first-order chi connectivity index (χ1) is 8.21. The molecule has 0 radical (unpaired) electrons. The summed E-state index contributed by atoms with van der Waals surface area (Å²) >= 11 is 0. The van der Waals surface area contributed by atoms with Gasteiger partial charge in [0.25, 0.3) is 0 Å². The number of hydrogen-bond acceptors (Lipinski definition) is 3. The summed E-state index contributed by atoms with van der Waals surface area (Å²) in [4.78, 5) is 14.7. The zero-order chi connectivity index (χ0) is 14.0. The first-order valence-corrected chi connectivity index (χ1v) is 6.92. The minimum atomic E-state index is -0.585. The largest absolute Gasteiger partial charge is 0.396 e. The third-order valence-corrected chi connectivity index (χ3v) is 4.50. The van der Waals surface area contributed by atoms with Gasteiger partial charge in [-0.1, -0.05) is 0 Å². The van der Waals surface area contributed by atoms with Crippen molar-refractivity contribution >= 4 is 5.91 Å². The molecular formula is C14H28N2O2. The Balaban J connectivity index is 2.86. The Labute approximate surface area is 111 Å². The van der Waals surface area contributed by atoms with Gasteiger partial charge in [-0.25, -0.2) is 0 Å². The van der Waals surface area contributed by atoms with Crippen LogP contribution in [0.4, 0.5) is 0 Å². The lowest BCUT2D eigenvalue weighted by Crippen LogP contribution is -2.59. The van der Waals surface area contributed by atoms with Crippen LogP contribution in [-0.4, -0.2) is 40.6 Å². The molecule has 1 rings (SSSR count). The van der Waals surface area contributed by atoms with Crippen LogP contribution in [-0.2, 0) is 4.79 Å². The minimum absolute atomic E-state index is 0.119. The molecule has 0 spiro atoms. The van der Waals surface area contributed by atoms with E-state index in [0.29, 0.717) is 6.42 Å². The van der Waals surface area contributed by atoms with Crippen LogP contribution in [0.25, 0.3) is 0 Å². The van der Waals surface area contributed by atoms with Crippen molar-refractivity contribution in [2.45, 2.75) is 65.0 Å². The Bertz CT molecular complexity index is 293. The summed E-state index contributed by atoms with van der Waals surface area (Å²) in [6.45, 7) is 8.57. The summed E-state index contributed by atoms with van der Waals surface area (Å²) in [5, 5.41) is 9.12. The lowest BCUT2D eigenvalue weighted by atomic mass is 9.73. The Hall–Kier alpha value is -0.610. The number of nitrogens with zero attached hydrogens (tertiary/aromatic N) is 1. The van der Waals surface area contributed by atoms with E-state index in [1.807, 2.05) is 32.6 Å². The number of amides is 1. The van der Waals surface area contributed by atoms with Gasteiger partial charge >= 0.3 is 0 Å². The van der Waals surface area contributed by atoms with E-state index in [1.165, 1.54) is 0 Å². The number of aliphatic hydroxyl groups is 1. The highest BCUT2D eigenvalue weighted by Crippen LogP contribution is 2.33. The monoisotopic (exact) mass is 256 g/mol. The molecule has 18 heavy (non-hydrogen) atoms. The van der Waals surface area contributed by atoms with E-state index < -0.39 is 11.0 Å². The van der Waals surface area contributed by atoms with Crippen molar-refractivity contribution in [2.24, 2.45) is 11.1 Å².